The van der Waals surface area contributed by atoms with Gasteiger partial charge in [0.1, 0.15) is 12.1 Å². The first-order chi connectivity index (χ1) is 8.39. The van der Waals surface area contributed by atoms with Gasteiger partial charge in [0.25, 0.3) is 10.1 Å². The van der Waals surface area contributed by atoms with E-state index < -0.39 is 10.1 Å². The first kappa shape index (κ1) is 14.1. The molecule has 0 bridgehead atoms. The smallest absolute Gasteiger partial charge is 0.294 e. The molecule has 18 heavy (non-hydrogen) atoms. The summed E-state index contributed by atoms with van der Waals surface area (Å²) in [6.07, 6.45) is 4.94. The van der Waals surface area contributed by atoms with E-state index in [9.17, 15) is 8.42 Å². The number of aryl methyl sites for hydroxylation is 1. The Bertz CT molecular complexity index is 547. The highest BCUT2D eigenvalue weighted by molar-refractivity contribution is 7.85. The summed E-state index contributed by atoms with van der Waals surface area (Å²) in [5.41, 5.74) is 8.60. The fourth-order valence-electron chi connectivity index (χ4n) is 1.03. The zero-order valence-corrected chi connectivity index (χ0v) is 10.5. The monoisotopic (exact) mass is 270 g/mol. The molecule has 0 aromatic heterocycles. The number of allylic oxidation sites excluding steroid dienone is 2. The Morgan fingerprint density at radius 1 is 1.28 bits per heavy atom. The predicted molar refractivity (Wildman–Crippen MR) is 66.6 cm³/mol. The molecule has 1 aliphatic rings. The molecule has 6 nitrogen and oxygen atoms in total. The molecule has 0 aliphatic carbocycles. The molecule has 0 saturated heterocycles. The summed E-state index contributed by atoms with van der Waals surface area (Å²) in [6.45, 7) is 1.84. The van der Waals surface area contributed by atoms with E-state index in [0.29, 0.717) is 5.82 Å². The largest absolute Gasteiger partial charge is 0.389 e. The molecular weight excluding hydrogens is 256 g/mol. The molecule has 0 atom stereocenters. The maximum Gasteiger partial charge on any atom is 0.294 e. The van der Waals surface area contributed by atoms with Crippen LogP contribution in [0.2, 0.25) is 0 Å². The van der Waals surface area contributed by atoms with Crippen LogP contribution in [0.25, 0.3) is 0 Å². The molecule has 0 unspecified atom stereocenters. The number of nitrogens with two attached hydrogens (primary N) is 1. The normalized spacial score (nSPS) is 13.6. The molecule has 98 valence electrons. The second-order valence-corrected chi connectivity index (χ2v) is 4.88. The van der Waals surface area contributed by atoms with Gasteiger partial charge < -0.3 is 10.6 Å². The Balaban J connectivity index is 0.000000199. The minimum absolute atomic E-state index is 0.0666. The van der Waals surface area contributed by atoms with Crippen molar-refractivity contribution in [2.75, 3.05) is 0 Å². The van der Waals surface area contributed by atoms with Gasteiger partial charge in [-0.05, 0) is 31.2 Å². The van der Waals surface area contributed by atoms with Crippen LogP contribution in [0.3, 0.4) is 0 Å². The van der Waals surface area contributed by atoms with Gasteiger partial charge in [-0.2, -0.15) is 8.42 Å². The topological polar surface area (TPSA) is 102 Å². The van der Waals surface area contributed by atoms with E-state index in [2.05, 4.69) is 10.3 Å². The third-order valence-electron chi connectivity index (χ3n) is 1.92. The highest BCUT2D eigenvalue weighted by atomic mass is 32.2. The van der Waals surface area contributed by atoms with Gasteiger partial charge in [0, 0.05) is 0 Å². The number of hydrogen-bond acceptors (Lipinski definition) is 5. The quantitative estimate of drug-likeness (QED) is 0.660. The van der Waals surface area contributed by atoms with E-state index in [1.807, 2.05) is 6.92 Å². The van der Waals surface area contributed by atoms with E-state index in [-0.39, 0.29) is 4.90 Å². The lowest BCUT2D eigenvalue weighted by molar-refractivity contribution is 0.158. The predicted octanol–water partition coefficient (Wildman–Crippen LogP) is 1.08. The van der Waals surface area contributed by atoms with E-state index in [0.717, 1.165) is 5.56 Å². The van der Waals surface area contributed by atoms with Crippen LogP contribution in [0.5, 0.6) is 0 Å². The van der Waals surface area contributed by atoms with Crippen molar-refractivity contribution in [3.05, 3.63) is 54.1 Å². The fraction of sp³-hybridized carbons (Fsp3) is 0.0909. The number of hydrogen-bond donors (Lipinski definition) is 3. The van der Waals surface area contributed by atoms with Crippen molar-refractivity contribution in [3.8, 4) is 0 Å². The van der Waals surface area contributed by atoms with Gasteiger partial charge >= 0.3 is 0 Å². The van der Waals surface area contributed by atoms with Crippen LogP contribution in [-0.4, -0.2) is 13.0 Å². The van der Waals surface area contributed by atoms with Gasteiger partial charge in [0.2, 0.25) is 0 Å². The summed E-state index contributed by atoms with van der Waals surface area (Å²) in [7, 11) is -4.02. The van der Waals surface area contributed by atoms with Gasteiger partial charge in [0.05, 0.1) is 4.90 Å². The molecule has 0 amide bonds. The van der Waals surface area contributed by atoms with Gasteiger partial charge in [-0.1, -0.05) is 17.7 Å². The summed E-state index contributed by atoms with van der Waals surface area (Å²) in [4.78, 5) is 4.49. The molecular formula is C11H14N2O4S. The minimum atomic E-state index is -4.02. The van der Waals surface area contributed by atoms with Crippen LogP contribution in [0.15, 0.2) is 53.4 Å². The summed E-state index contributed by atoms with van der Waals surface area (Å²) in [5, 5.41) is 0. The number of hydroxylamine groups is 1. The van der Waals surface area contributed by atoms with Gasteiger partial charge in [-0.3, -0.25) is 4.55 Å². The Morgan fingerprint density at radius 2 is 1.89 bits per heavy atom. The van der Waals surface area contributed by atoms with Crippen molar-refractivity contribution in [3.63, 3.8) is 0 Å². The zero-order valence-electron chi connectivity index (χ0n) is 9.70. The maximum atomic E-state index is 10.5. The Hall–Kier alpha value is -1.99. The van der Waals surface area contributed by atoms with Crippen LogP contribution in [-0.2, 0) is 15.0 Å². The number of rotatable bonds is 1. The molecule has 1 aliphatic heterocycles. The third kappa shape index (κ3) is 4.89. The van der Waals surface area contributed by atoms with Crippen LogP contribution >= 0.6 is 0 Å². The second-order valence-electron chi connectivity index (χ2n) is 3.46. The van der Waals surface area contributed by atoms with Gasteiger partial charge in [-0.25, -0.2) is 5.48 Å². The second kappa shape index (κ2) is 6.08. The lowest BCUT2D eigenvalue weighted by Crippen LogP contribution is -2.19. The number of nitrogens with one attached hydrogen (secondary N) is 1. The van der Waals surface area contributed by atoms with Crippen molar-refractivity contribution < 1.29 is 17.8 Å². The molecule has 4 N–H and O–H groups in total. The Labute approximate surface area is 105 Å². The maximum absolute atomic E-state index is 10.5. The van der Waals surface area contributed by atoms with Crippen LogP contribution < -0.4 is 11.2 Å². The van der Waals surface area contributed by atoms with E-state index >= 15 is 0 Å². The average Bonchev–Trinajstić information content (AvgIpc) is 2.30. The summed E-state index contributed by atoms with van der Waals surface area (Å²) in [5.74, 6) is 0.530. The standard InChI is InChI=1S/C7H8O3S.C4H6N2O/c1-6-2-4-7(5-3-6)11(8,9)10;5-4-2-1-3-7-6-4/h2-5H,1H3,(H,8,9,10);1-3,6H,5H2. The molecule has 0 saturated carbocycles. The Morgan fingerprint density at radius 3 is 2.22 bits per heavy atom. The third-order valence-corrected chi connectivity index (χ3v) is 2.79. The molecule has 2 rings (SSSR count). The van der Waals surface area contributed by atoms with Gasteiger partial charge in [-0.15, -0.1) is 0 Å². The molecule has 1 aromatic rings. The van der Waals surface area contributed by atoms with Gasteiger partial charge in [0.15, 0.2) is 0 Å². The lowest BCUT2D eigenvalue weighted by Gasteiger charge is -2.05. The van der Waals surface area contributed by atoms with Crippen LogP contribution in [0.1, 0.15) is 5.56 Å². The van der Waals surface area contributed by atoms with E-state index in [4.69, 9.17) is 10.3 Å². The SMILES string of the molecule is Cc1ccc(S(=O)(=O)O)cc1.NC1=CC=CON1. The van der Waals surface area contributed by atoms with Crippen LogP contribution in [0, 0.1) is 6.92 Å². The number of benzene rings is 1. The van der Waals surface area contributed by atoms with Crippen molar-refractivity contribution in [2.45, 2.75) is 11.8 Å². The van der Waals surface area contributed by atoms with E-state index in [1.165, 1.54) is 18.4 Å². The lowest BCUT2D eigenvalue weighted by atomic mass is 10.2. The first-order valence-electron chi connectivity index (χ1n) is 4.98. The molecule has 0 spiro atoms. The highest BCUT2D eigenvalue weighted by Gasteiger charge is 2.06. The molecule has 1 heterocycles. The van der Waals surface area contributed by atoms with Crippen LogP contribution in [0.4, 0.5) is 0 Å². The van der Waals surface area contributed by atoms with Crippen molar-refractivity contribution in [1.29, 1.82) is 0 Å². The van der Waals surface area contributed by atoms with Crippen molar-refractivity contribution >= 4 is 10.1 Å². The summed E-state index contributed by atoms with van der Waals surface area (Å²) in [6, 6.07) is 5.99. The average molecular weight is 270 g/mol. The Kier molecular flexibility index (Phi) is 4.75. The van der Waals surface area contributed by atoms with Crippen molar-refractivity contribution in [1.82, 2.24) is 5.48 Å². The zero-order chi connectivity index (χ0) is 13.6. The molecule has 0 radical (unpaired) electrons. The van der Waals surface area contributed by atoms with Crippen molar-refractivity contribution in [2.24, 2.45) is 5.73 Å². The highest BCUT2D eigenvalue weighted by Crippen LogP contribution is 2.08. The van der Waals surface area contributed by atoms with E-state index in [1.54, 1.807) is 24.3 Å². The fourth-order valence-corrected chi connectivity index (χ4v) is 1.51. The molecule has 7 heteroatoms. The molecule has 0 fully saturated rings. The first-order valence-corrected chi connectivity index (χ1v) is 6.42. The minimum Gasteiger partial charge on any atom is -0.389 e. The summed E-state index contributed by atoms with van der Waals surface area (Å²) < 4.78 is 29.6. The molecule has 1 aromatic carbocycles. The summed E-state index contributed by atoms with van der Waals surface area (Å²) >= 11 is 0.